The number of ether oxygens (including phenoxy) is 1. The van der Waals surface area contributed by atoms with E-state index in [1.807, 2.05) is 12.2 Å². The second-order valence-electron chi connectivity index (χ2n) is 10.3. The fourth-order valence-corrected chi connectivity index (χ4v) is 6.66. The van der Waals surface area contributed by atoms with Crippen LogP contribution in [0.2, 0.25) is 0 Å². The maximum Gasteiger partial charge on any atom is 0.305 e. The molecule has 0 amide bonds. The van der Waals surface area contributed by atoms with Crippen molar-refractivity contribution in [3.63, 3.8) is 0 Å². The first-order valence-corrected chi connectivity index (χ1v) is 12.2. The van der Waals surface area contributed by atoms with Gasteiger partial charge in [-0.15, -0.1) is 0 Å². The van der Waals surface area contributed by atoms with E-state index in [1.165, 1.54) is 0 Å². The number of ketones is 2. The van der Waals surface area contributed by atoms with Gasteiger partial charge in [0.25, 0.3) is 0 Å². The van der Waals surface area contributed by atoms with Gasteiger partial charge in [0.15, 0.2) is 11.6 Å². The number of carboxylic acids is 1. The van der Waals surface area contributed by atoms with Gasteiger partial charge in [0.2, 0.25) is 0 Å². The molecule has 0 aromatic heterocycles. The highest BCUT2D eigenvalue weighted by Gasteiger charge is 2.61. The normalized spacial score (nSPS) is 37.4. The van der Waals surface area contributed by atoms with Crippen LogP contribution in [0.3, 0.4) is 0 Å². The second-order valence-corrected chi connectivity index (χ2v) is 10.3. The van der Waals surface area contributed by atoms with Crippen molar-refractivity contribution in [2.45, 2.75) is 65.9 Å². The molecule has 34 heavy (non-hydrogen) atoms. The summed E-state index contributed by atoms with van der Waals surface area (Å²) >= 11 is 0. The molecule has 7 heteroatoms. The van der Waals surface area contributed by atoms with Crippen molar-refractivity contribution in [2.75, 3.05) is 6.61 Å². The summed E-state index contributed by atoms with van der Waals surface area (Å²) in [6, 6.07) is 0. The molecule has 4 aliphatic rings. The van der Waals surface area contributed by atoms with Crippen LogP contribution in [0.15, 0.2) is 36.0 Å². The van der Waals surface area contributed by atoms with E-state index in [0.29, 0.717) is 6.42 Å². The Hall–Kier alpha value is -2.54. The van der Waals surface area contributed by atoms with E-state index in [-0.39, 0.29) is 71.5 Å². The van der Waals surface area contributed by atoms with E-state index in [1.54, 1.807) is 26.0 Å². The third kappa shape index (κ3) is 4.67. The van der Waals surface area contributed by atoms with Gasteiger partial charge >= 0.3 is 11.9 Å². The topological polar surface area (TPSA) is 118 Å². The Labute approximate surface area is 200 Å². The maximum absolute atomic E-state index is 12.9. The number of aliphatic hydroxyl groups excluding tert-OH is 1. The molecule has 7 atom stereocenters. The van der Waals surface area contributed by atoms with Crippen LogP contribution in [-0.4, -0.2) is 46.4 Å². The number of carbonyl (C=O) groups is 4. The lowest BCUT2D eigenvalue weighted by Gasteiger charge is -2.56. The maximum atomic E-state index is 12.9. The Morgan fingerprint density at radius 1 is 1.12 bits per heavy atom. The summed E-state index contributed by atoms with van der Waals surface area (Å²) in [5, 5.41) is 19.0. The fourth-order valence-electron chi connectivity index (χ4n) is 6.66. The molecule has 0 saturated heterocycles. The van der Waals surface area contributed by atoms with E-state index < -0.39 is 12.1 Å². The summed E-state index contributed by atoms with van der Waals surface area (Å²) < 4.78 is 5.11. The molecule has 186 valence electrons. The van der Waals surface area contributed by atoms with E-state index in [2.05, 4.69) is 19.9 Å². The minimum Gasteiger partial charge on any atom is -0.481 e. The van der Waals surface area contributed by atoms with Crippen LogP contribution in [0.25, 0.3) is 0 Å². The van der Waals surface area contributed by atoms with Crippen molar-refractivity contribution in [1.82, 2.24) is 0 Å². The van der Waals surface area contributed by atoms with Gasteiger partial charge in [-0.1, -0.05) is 45.9 Å². The zero-order valence-corrected chi connectivity index (χ0v) is 20.5. The summed E-state index contributed by atoms with van der Waals surface area (Å²) in [5.41, 5.74) is 0.283. The highest BCUT2D eigenvalue weighted by molar-refractivity contribution is 6.01. The Bertz CT molecular complexity index is 945. The molecule has 0 bridgehead atoms. The molecule has 0 aliphatic heterocycles. The van der Waals surface area contributed by atoms with Crippen molar-refractivity contribution >= 4 is 23.5 Å². The van der Waals surface area contributed by atoms with Crippen LogP contribution in [0.4, 0.5) is 0 Å². The molecule has 4 aliphatic carbocycles. The molecule has 7 unspecified atom stereocenters. The lowest BCUT2D eigenvalue weighted by atomic mass is 9.48. The molecule has 4 rings (SSSR count). The summed E-state index contributed by atoms with van der Waals surface area (Å²) in [6.07, 6.45) is 11.6. The van der Waals surface area contributed by atoms with Crippen molar-refractivity contribution in [1.29, 1.82) is 0 Å². The van der Waals surface area contributed by atoms with Gasteiger partial charge in [0, 0.05) is 30.1 Å². The number of fused-ring (bicyclic) bond motifs is 5. The van der Waals surface area contributed by atoms with Crippen LogP contribution in [-0.2, 0) is 23.9 Å². The lowest BCUT2D eigenvalue weighted by molar-refractivity contribution is -0.151. The van der Waals surface area contributed by atoms with Gasteiger partial charge in [-0.05, 0) is 54.2 Å². The second kappa shape index (κ2) is 9.98. The van der Waals surface area contributed by atoms with Crippen LogP contribution in [0, 0.1) is 34.5 Å². The molecule has 0 aromatic rings. The van der Waals surface area contributed by atoms with Crippen molar-refractivity contribution in [2.24, 2.45) is 34.5 Å². The van der Waals surface area contributed by atoms with Crippen LogP contribution in [0.1, 0.15) is 59.8 Å². The SMILES string of the molecule is CCC(=O)O.CCC(=O)OCC(=O)C1CCC2C3C=CC4=CC(=O)C=CC4(C)C3C(O)CC12C. The predicted octanol–water partition coefficient (Wildman–Crippen LogP) is 3.66. The van der Waals surface area contributed by atoms with E-state index in [9.17, 15) is 24.3 Å². The average molecular weight is 473 g/mol. The molecule has 2 fully saturated rings. The minimum absolute atomic E-state index is 0.00653. The first kappa shape index (κ1) is 26.1. The first-order valence-electron chi connectivity index (χ1n) is 12.2. The number of Topliss-reactive ketones (excluding diaryl/α,β-unsaturated/α-hetero) is 1. The molecule has 0 spiro atoms. The summed E-state index contributed by atoms with van der Waals surface area (Å²) in [6.45, 7) is 7.37. The molecule has 2 N–H and O–H groups in total. The van der Waals surface area contributed by atoms with Crippen molar-refractivity contribution < 1.29 is 34.1 Å². The number of aliphatic carboxylic acids is 1. The zero-order chi connectivity index (χ0) is 25.3. The van der Waals surface area contributed by atoms with Gasteiger partial charge in [-0.25, -0.2) is 0 Å². The molecule has 0 heterocycles. The Kier molecular flexibility index (Phi) is 7.65. The molecular formula is C27H36O7. The van der Waals surface area contributed by atoms with Crippen molar-refractivity contribution in [3.8, 4) is 0 Å². The monoisotopic (exact) mass is 472 g/mol. The Balaban J connectivity index is 0.000000588. The summed E-state index contributed by atoms with van der Waals surface area (Å²) in [5.74, 6) is -0.914. The molecule has 2 saturated carbocycles. The number of carbonyl (C=O) groups excluding carboxylic acids is 3. The number of esters is 1. The van der Waals surface area contributed by atoms with Gasteiger partial charge in [-0.3, -0.25) is 19.2 Å². The highest BCUT2D eigenvalue weighted by atomic mass is 16.5. The smallest absolute Gasteiger partial charge is 0.305 e. The molecule has 0 aromatic carbocycles. The minimum atomic E-state index is -0.745. The Morgan fingerprint density at radius 2 is 1.79 bits per heavy atom. The summed E-state index contributed by atoms with van der Waals surface area (Å²) in [4.78, 5) is 45.6. The summed E-state index contributed by atoms with van der Waals surface area (Å²) in [7, 11) is 0. The zero-order valence-electron chi connectivity index (χ0n) is 20.5. The van der Waals surface area contributed by atoms with E-state index in [0.717, 1.165) is 18.4 Å². The third-order valence-electron chi connectivity index (χ3n) is 8.41. The quantitative estimate of drug-likeness (QED) is 0.586. The van der Waals surface area contributed by atoms with Crippen LogP contribution in [0.5, 0.6) is 0 Å². The standard InChI is InChI=1S/C24H30O5.C3H6O2/c1-4-21(28)29-13-20(27)18-8-7-17-16-6-5-14-11-15(25)9-10-23(14,2)22(16)19(26)12-24(17,18)3;1-2-3(4)5/h5-6,9-11,16-19,22,26H,4,7-8,12-13H2,1-3H3;2H2,1H3,(H,4,5). The van der Waals surface area contributed by atoms with Crippen LogP contribution < -0.4 is 0 Å². The number of rotatable bonds is 5. The number of aliphatic hydroxyl groups is 1. The van der Waals surface area contributed by atoms with Gasteiger partial charge < -0.3 is 14.9 Å². The first-order chi connectivity index (χ1) is 16.0. The highest BCUT2D eigenvalue weighted by Crippen LogP contribution is 2.64. The largest absolute Gasteiger partial charge is 0.481 e. The average Bonchev–Trinajstić information content (AvgIpc) is 3.14. The number of hydrogen-bond acceptors (Lipinski definition) is 6. The molecular weight excluding hydrogens is 436 g/mol. The predicted molar refractivity (Wildman–Crippen MR) is 126 cm³/mol. The lowest BCUT2D eigenvalue weighted by Crippen LogP contribution is -2.55. The number of carboxylic acid groups (broad SMARTS) is 1. The fraction of sp³-hybridized carbons (Fsp3) is 0.630. The van der Waals surface area contributed by atoms with Crippen molar-refractivity contribution in [3.05, 3.63) is 36.0 Å². The van der Waals surface area contributed by atoms with Crippen LogP contribution >= 0.6 is 0 Å². The Morgan fingerprint density at radius 3 is 2.41 bits per heavy atom. The van der Waals surface area contributed by atoms with E-state index >= 15 is 0 Å². The molecule has 7 nitrogen and oxygen atoms in total. The van der Waals surface area contributed by atoms with Gasteiger partial charge in [0.1, 0.15) is 6.61 Å². The van der Waals surface area contributed by atoms with E-state index in [4.69, 9.17) is 9.84 Å². The number of allylic oxidation sites excluding steroid dienone is 6. The third-order valence-corrected chi connectivity index (χ3v) is 8.41. The number of hydrogen-bond donors (Lipinski definition) is 2. The van der Waals surface area contributed by atoms with Gasteiger partial charge in [0.05, 0.1) is 6.10 Å². The van der Waals surface area contributed by atoms with Gasteiger partial charge in [-0.2, -0.15) is 0 Å². The molecule has 0 radical (unpaired) electrons.